The van der Waals surface area contributed by atoms with Crippen LogP contribution in [0.3, 0.4) is 0 Å². The molecule has 4 heteroatoms. The Bertz CT molecular complexity index is 1260. The maximum absolute atomic E-state index is 13.2. The first-order valence-electron chi connectivity index (χ1n) is 11.3. The van der Waals surface area contributed by atoms with Crippen molar-refractivity contribution in [2.45, 2.75) is 44.9 Å². The number of nitrogens with two attached hydrogens (primary N) is 1. The maximum atomic E-state index is 13.2. The first kappa shape index (κ1) is 20.7. The molecule has 32 heavy (non-hydrogen) atoms. The van der Waals surface area contributed by atoms with E-state index < -0.39 is 5.41 Å². The van der Waals surface area contributed by atoms with Gasteiger partial charge in [-0.3, -0.25) is 9.59 Å². The largest absolute Gasteiger partial charge is 0.469 e. The molecule has 3 atom stereocenters. The summed E-state index contributed by atoms with van der Waals surface area (Å²) in [4.78, 5) is 26.1. The van der Waals surface area contributed by atoms with Gasteiger partial charge in [-0.25, -0.2) is 0 Å². The summed E-state index contributed by atoms with van der Waals surface area (Å²) in [5, 5.41) is 2.33. The van der Waals surface area contributed by atoms with E-state index in [0.717, 1.165) is 41.3 Å². The van der Waals surface area contributed by atoms with Crippen molar-refractivity contribution in [2.24, 2.45) is 11.3 Å². The summed E-state index contributed by atoms with van der Waals surface area (Å²) in [6.45, 7) is 4.18. The molecule has 4 nitrogen and oxygen atoms in total. The van der Waals surface area contributed by atoms with Crippen molar-refractivity contribution >= 4 is 28.2 Å². The molecule has 2 N–H and O–H groups in total. The highest BCUT2D eigenvalue weighted by atomic mass is 16.5. The molecule has 2 aliphatic carbocycles. The van der Waals surface area contributed by atoms with Crippen molar-refractivity contribution < 1.29 is 14.3 Å². The second-order valence-corrected chi connectivity index (χ2v) is 9.91. The first-order chi connectivity index (χ1) is 15.3. The van der Waals surface area contributed by atoms with Crippen molar-refractivity contribution in [3.8, 4) is 11.1 Å². The molecule has 1 saturated carbocycles. The highest BCUT2D eigenvalue weighted by Crippen LogP contribution is 2.58. The molecule has 1 fully saturated rings. The van der Waals surface area contributed by atoms with Crippen LogP contribution in [0.5, 0.6) is 0 Å². The predicted molar refractivity (Wildman–Crippen MR) is 128 cm³/mol. The average Bonchev–Trinajstić information content (AvgIpc) is 2.79. The van der Waals surface area contributed by atoms with E-state index in [1.54, 1.807) is 0 Å². The lowest BCUT2D eigenvalue weighted by atomic mass is 9.49. The van der Waals surface area contributed by atoms with Crippen molar-refractivity contribution in [3.63, 3.8) is 0 Å². The minimum Gasteiger partial charge on any atom is -0.469 e. The number of rotatable bonds is 2. The van der Waals surface area contributed by atoms with Crippen LogP contribution in [0.4, 0.5) is 5.69 Å². The Morgan fingerprint density at radius 3 is 2.50 bits per heavy atom. The summed E-state index contributed by atoms with van der Waals surface area (Å²) < 4.78 is 5.19. The Labute approximate surface area is 188 Å². The van der Waals surface area contributed by atoms with Crippen LogP contribution in [0.2, 0.25) is 0 Å². The van der Waals surface area contributed by atoms with E-state index in [2.05, 4.69) is 43.3 Å². The monoisotopic (exact) mass is 427 g/mol. The highest BCUT2D eigenvalue weighted by molar-refractivity contribution is 6.02. The standard InChI is InChI=1S/C28H29NO3/c1-27-11-6-12-28(2,26(31)32-3)25(27)16-24(30)21-15-23(29)20(14-22(21)27)19-10-9-17-7-4-5-8-18(17)13-19/h4-5,7-10,13-15,25H,6,11-12,16,29H2,1-3H3/t25-,27-,28-/m1/s1. The minimum absolute atomic E-state index is 0.0660. The summed E-state index contributed by atoms with van der Waals surface area (Å²) in [7, 11) is 1.44. The van der Waals surface area contributed by atoms with Crippen LogP contribution in [0.15, 0.2) is 54.6 Å². The van der Waals surface area contributed by atoms with Gasteiger partial charge in [-0.05, 0) is 71.2 Å². The van der Waals surface area contributed by atoms with E-state index >= 15 is 0 Å². The van der Waals surface area contributed by atoms with Gasteiger partial charge in [0.1, 0.15) is 0 Å². The molecule has 0 aliphatic heterocycles. The average molecular weight is 428 g/mol. The summed E-state index contributed by atoms with van der Waals surface area (Å²) >= 11 is 0. The Morgan fingerprint density at radius 2 is 1.75 bits per heavy atom. The molecule has 3 aromatic rings. The number of methoxy groups -OCH3 is 1. The van der Waals surface area contributed by atoms with E-state index in [9.17, 15) is 9.59 Å². The van der Waals surface area contributed by atoms with Crippen molar-refractivity contribution in [1.29, 1.82) is 0 Å². The number of carbonyl (C=O) groups is 2. The number of benzene rings is 3. The van der Waals surface area contributed by atoms with Gasteiger partial charge in [0.05, 0.1) is 12.5 Å². The maximum Gasteiger partial charge on any atom is 0.311 e. The molecule has 5 rings (SSSR count). The quantitative estimate of drug-likeness (QED) is 0.408. The van der Waals surface area contributed by atoms with Gasteiger partial charge in [-0.1, -0.05) is 49.7 Å². The number of fused-ring (bicyclic) bond motifs is 4. The number of hydrogen-bond acceptors (Lipinski definition) is 4. The number of hydrogen-bond donors (Lipinski definition) is 1. The molecule has 3 aromatic carbocycles. The topological polar surface area (TPSA) is 69.4 Å². The lowest BCUT2D eigenvalue weighted by Crippen LogP contribution is -2.53. The molecule has 0 saturated heterocycles. The molecule has 0 amide bonds. The van der Waals surface area contributed by atoms with Crippen LogP contribution in [0.25, 0.3) is 21.9 Å². The number of ketones is 1. The van der Waals surface area contributed by atoms with Crippen LogP contribution >= 0.6 is 0 Å². The third-order valence-electron chi connectivity index (χ3n) is 8.14. The van der Waals surface area contributed by atoms with Gasteiger partial charge in [0, 0.05) is 23.2 Å². The van der Waals surface area contributed by atoms with E-state index in [1.165, 1.54) is 12.5 Å². The molecular formula is C28H29NO3. The van der Waals surface area contributed by atoms with Gasteiger partial charge < -0.3 is 10.5 Å². The van der Waals surface area contributed by atoms with Gasteiger partial charge in [0.25, 0.3) is 0 Å². The molecular weight excluding hydrogens is 398 g/mol. The van der Waals surface area contributed by atoms with Crippen LogP contribution in [-0.2, 0) is 14.9 Å². The van der Waals surface area contributed by atoms with Gasteiger partial charge >= 0.3 is 5.97 Å². The van der Waals surface area contributed by atoms with Gasteiger partial charge in [0.15, 0.2) is 5.78 Å². The van der Waals surface area contributed by atoms with Crippen molar-refractivity contribution in [3.05, 3.63) is 65.7 Å². The summed E-state index contributed by atoms with van der Waals surface area (Å²) in [5.74, 6) is -0.240. The van der Waals surface area contributed by atoms with Crippen molar-refractivity contribution in [1.82, 2.24) is 0 Å². The van der Waals surface area contributed by atoms with Crippen LogP contribution in [0.1, 0.15) is 55.5 Å². The van der Waals surface area contributed by atoms with E-state index in [0.29, 0.717) is 17.7 Å². The number of Topliss-reactive ketones (excluding diaryl/α,β-unsaturated/α-hetero) is 1. The summed E-state index contributed by atoms with van der Waals surface area (Å²) in [6, 6.07) is 18.6. The van der Waals surface area contributed by atoms with Crippen LogP contribution in [0, 0.1) is 11.3 Å². The Morgan fingerprint density at radius 1 is 1.00 bits per heavy atom. The fourth-order valence-corrected chi connectivity index (χ4v) is 6.35. The first-order valence-corrected chi connectivity index (χ1v) is 11.3. The van der Waals surface area contributed by atoms with Crippen LogP contribution < -0.4 is 5.73 Å². The fraction of sp³-hybridized carbons (Fsp3) is 0.357. The second kappa shape index (κ2) is 7.19. The zero-order valence-electron chi connectivity index (χ0n) is 18.9. The van der Waals surface area contributed by atoms with E-state index in [1.807, 2.05) is 25.1 Å². The summed E-state index contributed by atoms with van der Waals surface area (Å²) in [5.41, 5.74) is 9.85. The smallest absolute Gasteiger partial charge is 0.311 e. The molecule has 0 aromatic heterocycles. The van der Waals surface area contributed by atoms with Gasteiger partial charge in [-0.2, -0.15) is 0 Å². The zero-order valence-corrected chi connectivity index (χ0v) is 18.9. The van der Waals surface area contributed by atoms with Gasteiger partial charge in [0.2, 0.25) is 0 Å². The third-order valence-corrected chi connectivity index (χ3v) is 8.14. The lowest BCUT2D eigenvalue weighted by Gasteiger charge is -2.53. The SMILES string of the molecule is COC(=O)[C@]1(C)CCC[C@]2(C)c3cc(-c4ccc5ccccc5c4)c(N)cc3C(=O)C[C@@H]12. The number of anilines is 1. The Balaban J connectivity index is 1.69. The molecule has 0 bridgehead atoms. The minimum atomic E-state index is -0.667. The molecule has 0 unspecified atom stereocenters. The molecule has 0 spiro atoms. The number of ether oxygens (including phenoxy) is 1. The fourth-order valence-electron chi connectivity index (χ4n) is 6.35. The van der Waals surface area contributed by atoms with E-state index in [4.69, 9.17) is 10.5 Å². The molecule has 164 valence electrons. The van der Waals surface area contributed by atoms with Crippen molar-refractivity contribution in [2.75, 3.05) is 12.8 Å². The number of esters is 1. The number of nitrogen functional groups attached to an aromatic ring is 1. The van der Waals surface area contributed by atoms with Crippen LogP contribution in [-0.4, -0.2) is 18.9 Å². The predicted octanol–water partition coefficient (Wildman–Crippen LogP) is 5.91. The molecule has 0 radical (unpaired) electrons. The second-order valence-electron chi connectivity index (χ2n) is 9.91. The third kappa shape index (κ3) is 2.89. The molecule has 2 aliphatic rings. The zero-order chi connectivity index (χ0) is 22.7. The Kier molecular flexibility index (Phi) is 4.66. The van der Waals surface area contributed by atoms with E-state index in [-0.39, 0.29) is 23.1 Å². The number of carbonyl (C=O) groups excluding carboxylic acids is 2. The lowest BCUT2D eigenvalue weighted by molar-refractivity contribution is -0.160. The Hall–Kier alpha value is -3.14. The molecule has 0 heterocycles. The normalized spacial score (nSPS) is 27.0. The summed E-state index contributed by atoms with van der Waals surface area (Å²) in [6.07, 6.45) is 2.95. The highest BCUT2D eigenvalue weighted by Gasteiger charge is 2.57. The van der Waals surface area contributed by atoms with Gasteiger partial charge in [-0.15, -0.1) is 0 Å².